The first-order valence-electron chi connectivity index (χ1n) is 6.94. The van der Waals surface area contributed by atoms with Crippen LogP contribution in [0.15, 0.2) is 37.2 Å². The number of methoxy groups -OCH3 is 1. The minimum absolute atomic E-state index is 0.0283. The van der Waals surface area contributed by atoms with Crippen molar-refractivity contribution >= 4 is 29.0 Å². The van der Waals surface area contributed by atoms with Gasteiger partial charge in [0.15, 0.2) is 17.3 Å². The maximum atomic E-state index is 12.7. The smallest absolute Gasteiger partial charge is 0.201 e. The fraction of sp³-hybridized carbons (Fsp3) is 0.176. The highest BCUT2D eigenvalue weighted by Crippen LogP contribution is 2.39. The average molecular weight is 368 g/mol. The molecule has 0 radical (unpaired) electrons. The van der Waals surface area contributed by atoms with E-state index in [0.717, 1.165) is 0 Å². The van der Waals surface area contributed by atoms with Gasteiger partial charge in [-0.05, 0) is 12.1 Å². The number of aromatic nitrogens is 1. The highest BCUT2D eigenvalue weighted by Gasteiger charge is 2.21. The number of Topliss-reactive ketones (excluding diaryl/α,β-unsaturated/α-hetero) is 1. The van der Waals surface area contributed by atoms with Gasteiger partial charge in [0.25, 0.3) is 0 Å². The predicted octanol–water partition coefficient (Wildman–Crippen LogP) is 4.09. The molecule has 0 aliphatic heterocycles. The fourth-order valence-corrected chi connectivity index (χ4v) is 2.59. The van der Waals surface area contributed by atoms with E-state index in [2.05, 4.69) is 11.6 Å². The Kier molecular flexibility index (Phi) is 6.06. The molecule has 1 aromatic carbocycles. The molecule has 1 N–H and O–H groups in total. The van der Waals surface area contributed by atoms with Gasteiger partial charge in [-0.15, -0.1) is 0 Å². The van der Waals surface area contributed by atoms with Crippen molar-refractivity contribution in [3.05, 3.63) is 58.4 Å². The molecule has 0 amide bonds. The van der Waals surface area contributed by atoms with Crippen molar-refractivity contribution in [3.63, 3.8) is 0 Å². The van der Waals surface area contributed by atoms with Crippen LogP contribution in [0.3, 0.4) is 0 Å². The summed E-state index contributed by atoms with van der Waals surface area (Å²) in [5.41, 5.74) is 0.655. The highest BCUT2D eigenvalue weighted by atomic mass is 35.5. The second kappa shape index (κ2) is 8.04. The van der Waals surface area contributed by atoms with Crippen molar-refractivity contribution in [3.8, 4) is 17.2 Å². The second-order valence-corrected chi connectivity index (χ2v) is 5.59. The van der Waals surface area contributed by atoms with Crippen molar-refractivity contribution < 1.29 is 19.4 Å². The van der Waals surface area contributed by atoms with Crippen LogP contribution in [0.4, 0.5) is 0 Å². The van der Waals surface area contributed by atoms with E-state index in [4.69, 9.17) is 32.7 Å². The van der Waals surface area contributed by atoms with Crippen LogP contribution in [0.1, 0.15) is 15.9 Å². The maximum Gasteiger partial charge on any atom is 0.201 e. The van der Waals surface area contributed by atoms with Gasteiger partial charge in [0.1, 0.15) is 6.61 Å². The lowest BCUT2D eigenvalue weighted by atomic mass is 10.0. The van der Waals surface area contributed by atoms with Gasteiger partial charge >= 0.3 is 0 Å². The molecule has 2 aromatic rings. The maximum absolute atomic E-state index is 12.7. The molecule has 0 fully saturated rings. The molecule has 126 valence electrons. The molecule has 1 aromatic heterocycles. The number of pyridine rings is 1. The van der Waals surface area contributed by atoms with Crippen molar-refractivity contribution in [2.45, 2.75) is 6.42 Å². The van der Waals surface area contributed by atoms with Gasteiger partial charge in [0.05, 0.1) is 22.7 Å². The third kappa shape index (κ3) is 3.80. The number of ketones is 1. The molecule has 0 unspecified atom stereocenters. The number of benzene rings is 1. The summed E-state index contributed by atoms with van der Waals surface area (Å²) in [6.45, 7) is 3.67. The Morgan fingerprint density at radius 1 is 1.33 bits per heavy atom. The number of halogens is 2. The predicted molar refractivity (Wildman–Crippen MR) is 92.6 cm³/mol. The Morgan fingerprint density at radius 3 is 2.58 bits per heavy atom. The van der Waals surface area contributed by atoms with E-state index in [-0.39, 0.29) is 41.6 Å². The van der Waals surface area contributed by atoms with Crippen LogP contribution < -0.4 is 9.47 Å². The van der Waals surface area contributed by atoms with Gasteiger partial charge < -0.3 is 14.6 Å². The summed E-state index contributed by atoms with van der Waals surface area (Å²) in [5, 5.41) is 10.8. The summed E-state index contributed by atoms with van der Waals surface area (Å²) in [4.78, 5) is 16.5. The van der Waals surface area contributed by atoms with Crippen LogP contribution in [-0.4, -0.2) is 29.6 Å². The molecule has 0 saturated carbocycles. The standard InChI is InChI=1S/C17H15Cl2NO4/c1-3-6-24-17-10(4-5-15(23-2)16(17)22)14(21)7-11-12(18)8-20-9-13(11)19/h3-5,8-9,22H,1,6-7H2,2H3. The zero-order valence-corrected chi connectivity index (χ0v) is 14.4. The molecule has 0 atom stereocenters. The van der Waals surface area contributed by atoms with Gasteiger partial charge in [0.2, 0.25) is 5.75 Å². The number of carbonyl (C=O) groups excluding carboxylic acids is 1. The van der Waals surface area contributed by atoms with E-state index < -0.39 is 0 Å². The Morgan fingerprint density at radius 2 is 2.00 bits per heavy atom. The summed E-state index contributed by atoms with van der Waals surface area (Å²) >= 11 is 12.1. The van der Waals surface area contributed by atoms with Crippen LogP contribution in [-0.2, 0) is 6.42 Å². The van der Waals surface area contributed by atoms with Crippen molar-refractivity contribution in [1.29, 1.82) is 0 Å². The van der Waals surface area contributed by atoms with Gasteiger partial charge in [-0.2, -0.15) is 0 Å². The van der Waals surface area contributed by atoms with E-state index >= 15 is 0 Å². The van der Waals surface area contributed by atoms with E-state index in [1.165, 1.54) is 37.7 Å². The Balaban J connectivity index is 2.41. The number of rotatable bonds is 7. The third-order valence-corrected chi connectivity index (χ3v) is 3.90. The summed E-state index contributed by atoms with van der Waals surface area (Å²) in [7, 11) is 1.41. The summed E-state index contributed by atoms with van der Waals surface area (Å²) in [5.74, 6) is -0.342. The highest BCUT2D eigenvalue weighted by molar-refractivity contribution is 6.36. The molecule has 0 bridgehead atoms. The first-order valence-corrected chi connectivity index (χ1v) is 7.69. The van der Waals surface area contributed by atoms with E-state index in [0.29, 0.717) is 15.6 Å². The van der Waals surface area contributed by atoms with Crippen LogP contribution in [0.5, 0.6) is 17.2 Å². The first kappa shape index (κ1) is 18.1. The fourth-order valence-electron chi connectivity index (χ4n) is 2.09. The minimum atomic E-state index is -0.318. The third-order valence-electron chi connectivity index (χ3n) is 3.25. The molecule has 5 nitrogen and oxygen atoms in total. The number of aromatic hydroxyl groups is 1. The van der Waals surface area contributed by atoms with Gasteiger partial charge in [0, 0.05) is 24.4 Å². The normalized spacial score (nSPS) is 10.3. The van der Waals surface area contributed by atoms with Crippen LogP contribution in [0.2, 0.25) is 10.0 Å². The number of carbonyl (C=O) groups is 1. The van der Waals surface area contributed by atoms with Crippen LogP contribution >= 0.6 is 23.2 Å². The zero-order chi connectivity index (χ0) is 17.7. The molecule has 0 aliphatic carbocycles. The SMILES string of the molecule is C=CCOc1c(C(=O)Cc2c(Cl)cncc2Cl)ccc(OC)c1O. The van der Waals surface area contributed by atoms with Crippen molar-refractivity contribution in [1.82, 2.24) is 4.98 Å². The topological polar surface area (TPSA) is 68.7 Å². The lowest BCUT2D eigenvalue weighted by molar-refractivity contribution is 0.0988. The molecule has 0 aliphatic rings. The Labute approximate surface area is 149 Å². The monoisotopic (exact) mass is 367 g/mol. The van der Waals surface area contributed by atoms with Crippen molar-refractivity contribution in [2.75, 3.05) is 13.7 Å². The number of nitrogens with zero attached hydrogens (tertiary/aromatic N) is 1. The Hall–Kier alpha value is -2.24. The number of phenols is 1. The molecule has 24 heavy (non-hydrogen) atoms. The largest absolute Gasteiger partial charge is 0.502 e. The second-order valence-electron chi connectivity index (χ2n) is 4.77. The molecule has 2 rings (SSSR count). The van der Waals surface area contributed by atoms with Gasteiger partial charge in [-0.3, -0.25) is 9.78 Å². The molecule has 0 spiro atoms. The lowest BCUT2D eigenvalue weighted by Gasteiger charge is -2.14. The van der Waals surface area contributed by atoms with Crippen LogP contribution in [0, 0.1) is 0 Å². The molecule has 1 heterocycles. The zero-order valence-electron chi connectivity index (χ0n) is 12.9. The number of ether oxygens (including phenoxy) is 2. The Bertz CT molecular complexity index is 757. The molecular weight excluding hydrogens is 353 g/mol. The van der Waals surface area contributed by atoms with E-state index in [9.17, 15) is 9.90 Å². The molecular formula is C17H15Cl2NO4. The van der Waals surface area contributed by atoms with Crippen molar-refractivity contribution in [2.24, 2.45) is 0 Å². The lowest BCUT2D eigenvalue weighted by Crippen LogP contribution is -2.09. The molecule has 0 saturated heterocycles. The number of hydrogen-bond acceptors (Lipinski definition) is 5. The minimum Gasteiger partial charge on any atom is -0.502 e. The number of hydrogen-bond donors (Lipinski definition) is 1. The van der Waals surface area contributed by atoms with Crippen LogP contribution in [0.25, 0.3) is 0 Å². The summed E-state index contributed by atoms with van der Waals surface area (Å²) in [6, 6.07) is 3.00. The summed E-state index contributed by atoms with van der Waals surface area (Å²) < 4.78 is 10.5. The summed E-state index contributed by atoms with van der Waals surface area (Å²) in [6.07, 6.45) is 4.27. The quantitative estimate of drug-likeness (QED) is 0.589. The average Bonchev–Trinajstić information content (AvgIpc) is 2.56. The van der Waals surface area contributed by atoms with E-state index in [1.54, 1.807) is 0 Å². The van der Waals surface area contributed by atoms with E-state index in [1.807, 2.05) is 0 Å². The first-order chi connectivity index (χ1) is 11.5. The van der Waals surface area contributed by atoms with Gasteiger partial charge in [-0.25, -0.2) is 0 Å². The molecule has 7 heteroatoms. The number of phenolic OH excluding ortho intramolecular Hbond substituents is 1. The van der Waals surface area contributed by atoms with Gasteiger partial charge in [-0.1, -0.05) is 35.9 Å².